The van der Waals surface area contributed by atoms with Gasteiger partial charge in [0.2, 0.25) is 5.95 Å². The Bertz CT molecular complexity index is 737. The number of hydrogen-bond donors (Lipinski definition) is 2. The number of fused-ring (bicyclic) bond motifs is 1. The fourth-order valence-electron chi connectivity index (χ4n) is 2.51. The van der Waals surface area contributed by atoms with E-state index in [2.05, 4.69) is 23.5 Å². The number of aliphatic hydroxyl groups excluding tert-OH is 1. The van der Waals surface area contributed by atoms with E-state index in [1.165, 1.54) is 6.92 Å². The van der Waals surface area contributed by atoms with Gasteiger partial charge in [-0.15, -0.1) is 0 Å². The molecular formula is C17H28N4O3S. The zero-order valence-corrected chi connectivity index (χ0v) is 16.2. The lowest BCUT2D eigenvalue weighted by Crippen LogP contribution is -2.20. The first kappa shape index (κ1) is 21.1. The summed E-state index contributed by atoms with van der Waals surface area (Å²) in [5.41, 5.74) is 6.19. The molecule has 25 heavy (non-hydrogen) atoms. The van der Waals surface area contributed by atoms with Gasteiger partial charge < -0.3 is 15.6 Å². The minimum Gasteiger partial charge on any atom is -0.513 e. The molecule has 3 heterocycles. The van der Waals surface area contributed by atoms with Crippen LogP contribution in [0.1, 0.15) is 59.6 Å². The number of hydrogen-bond acceptors (Lipinski definition) is 7. The maximum atomic E-state index is 12.1. The molecule has 0 saturated carbocycles. The maximum absolute atomic E-state index is 12.1. The van der Waals surface area contributed by atoms with Gasteiger partial charge in [-0.25, -0.2) is 4.98 Å². The van der Waals surface area contributed by atoms with Crippen molar-refractivity contribution in [2.75, 3.05) is 5.73 Å². The largest absolute Gasteiger partial charge is 0.513 e. The van der Waals surface area contributed by atoms with Gasteiger partial charge in [0.05, 0.1) is 22.8 Å². The number of aliphatic hydroxyl groups is 1. The summed E-state index contributed by atoms with van der Waals surface area (Å²) in [6.45, 7) is 10.8. The topological polar surface area (TPSA) is 103 Å². The van der Waals surface area contributed by atoms with Crippen molar-refractivity contribution < 1.29 is 9.84 Å². The van der Waals surface area contributed by atoms with Crippen molar-refractivity contribution in [3.05, 3.63) is 28.2 Å². The third kappa shape index (κ3) is 5.82. The zero-order chi connectivity index (χ0) is 19.0. The molecule has 1 saturated heterocycles. The lowest BCUT2D eigenvalue weighted by Gasteiger charge is -2.14. The molecule has 0 aromatic carbocycles. The van der Waals surface area contributed by atoms with E-state index in [9.17, 15) is 4.79 Å². The van der Waals surface area contributed by atoms with Gasteiger partial charge in [-0.2, -0.15) is 4.98 Å². The van der Waals surface area contributed by atoms with Crippen molar-refractivity contribution >= 4 is 27.6 Å². The van der Waals surface area contributed by atoms with Crippen LogP contribution in [0.5, 0.6) is 0 Å². The van der Waals surface area contributed by atoms with Crippen molar-refractivity contribution in [1.82, 2.24) is 14.5 Å². The summed E-state index contributed by atoms with van der Waals surface area (Å²) in [7, 11) is 0. The maximum Gasteiger partial charge on any atom is 0.311 e. The highest BCUT2D eigenvalue weighted by Crippen LogP contribution is 2.32. The minimum absolute atomic E-state index is 0.0583. The Kier molecular flexibility index (Phi) is 8.57. The van der Waals surface area contributed by atoms with E-state index in [4.69, 9.17) is 15.6 Å². The number of nitrogens with zero attached hydrogens (tertiary/aromatic N) is 3. The van der Waals surface area contributed by atoms with Crippen molar-refractivity contribution in [1.29, 1.82) is 0 Å². The number of thiazole rings is 1. The van der Waals surface area contributed by atoms with E-state index >= 15 is 0 Å². The van der Waals surface area contributed by atoms with Gasteiger partial charge in [-0.3, -0.25) is 9.36 Å². The lowest BCUT2D eigenvalue weighted by atomic mass is 10.1. The Morgan fingerprint density at radius 1 is 1.52 bits per heavy atom. The number of rotatable bonds is 3. The van der Waals surface area contributed by atoms with Crippen LogP contribution in [0, 0.1) is 0 Å². The van der Waals surface area contributed by atoms with E-state index in [-0.39, 0.29) is 28.9 Å². The fourth-order valence-corrected chi connectivity index (χ4v) is 3.35. The van der Waals surface area contributed by atoms with Crippen molar-refractivity contribution in [2.45, 2.75) is 65.7 Å². The summed E-state index contributed by atoms with van der Waals surface area (Å²) >= 11 is 1.14. The summed E-state index contributed by atoms with van der Waals surface area (Å²) in [5, 5.41) is 7.86. The molecule has 140 valence electrons. The molecule has 1 fully saturated rings. The standard InChI is InChI=1S/C12H16N4O2S.C3H6O.C2H6/c1-2-3-7-4-5-9(18-7)16-10-8(19-12(16)17)6-14-11(13)15-10;1-3(2)4;1-2/h6-7,9H,2-5H2,1H3,(H2,13,14,15);4H,1H2,2H3;1-2H3. The first-order chi connectivity index (χ1) is 11.9. The fraction of sp³-hybridized carbons (Fsp3) is 0.588. The Hall–Kier alpha value is -1.93. The molecule has 3 N–H and O–H groups in total. The average molecular weight is 369 g/mol. The molecule has 8 heteroatoms. The Morgan fingerprint density at radius 2 is 2.16 bits per heavy atom. The van der Waals surface area contributed by atoms with Gasteiger partial charge in [0, 0.05) is 0 Å². The second-order valence-corrected chi connectivity index (χ2v) is 6.46. The summed E-state index contributed by atoms with van der Waals surface area (Å²) < 4.78 is 8.31. The Balaban J connectivity index is 0.000000461. The van der Waals surface area contributed by atoms with Crippen molar-refractivity contribution in [3.63, 3.8) is 0 Å². The molecule has 7 nitrogen and oxygen atoms in total. The molecule has 3 rings (SSSR count). The zero-order valence-electron chi connectivity index (χ0n) is 15.4. The quantitative estimate of drug-likeness (QED) is 0.793. The SMILES string of the molecule is C=C(C)O.CC.CCCC1CCC(n2c(=O)sc3cnc(N)nc32)O1. The van der Waals surface area contributed by atoms with E-state index in [0.717, 1.165) is 41.7 Å². The number of anilines is 1. The molecule has 1 aliphatic rings. The second kappa shape index (κ2) is 10.1. The van der Waals surface area contributed by atoms with Gasteiger partial charge in [0.15, 0.2) is 5.65 Å². The smallest absolute Gasteiger partial charge is 0.311 e. The van der Waals surface area contributed by atoms with E-state index < -0.39 is 0 Å². The van der Waals surface area contributed by atoms with E-state index in [1.807, 2.05) is 13.8 Å². The van der Waals surface area contributed by atoms with Crippen LogP contribution in [0.4, 0.5) is 5.95 Å². The van der Waals surface area contributed by atoms with Gasteiger partial charge in [-0.05, 0) is 26.2 Å². The predicted molar refractivity (Wildman–Crippen MR) is 103 cm³/mol. The summed E-state index contributed by atoms with van der Waals surface area (Å²) in [4.78, 5) is 20.1. The van der Waals surface area contributed by atoms with Gasteiger partial charge in [0.25, 0.3) is 0 Å². The minimum atomic E-state index is -0.216. The Labute approximate surface area is 152 Å². The second-order valence-electron chi connectivity index (χ2n) is 5.47. The number of nitrogen functional groups attached to an aromatic ring is 1. The molecule has 2 aromatic heterocycles. The van der Waals surface area contributed by atoms with Crippen molar-refractivity contribution in [3.8, 4) is 0 Å². The number of ether oxygens (including phenoxy) is 1. The molecule has 0 spiro atoms. The number of nitrogens with two attached hydrogens (primary N) is 1. The first-order valence-corrected chi connectivity index (χ1v) is 9.37. The van der Waals surface area contributed by atoms with Crippen LogP contribution in [-0.2, 0) is 4.74 Å². The highest BCUT2D eigenvalue weighted by Gasteiger charge is 2.29. The van der Waals surface area contributed by atoms with Crippen LogP contribution in [0.25, 0.3) is 10.3 Å². The van der Waals surface area contributed by atoms with Crippen LogP contribution in [0.15, 0.2) is 23.3 Å². The van der Waals surface area contributed by atoms with Gasteiger partial charge in [0.1, 0.15) is 6.23 Å². The summed E-state index contributed by atoms with van der Waals surface area (Å²) in [6.07, 6.45) is 5.58. The van der Waals surface area contributed by atoms with Crippen LogP contribution in [-0.4, -0.2) is 25.7 Å². The van der Waals surface area contributed by atoms with Gasteiger partial charge >= 0.3 is 4.87 Å². The van der Waals surface area contributed by atoms with Crippen LogP contribution >= 0.6 is 11.3 Å². The molecule has 0 aliphatic carbocycles. The normalized spacial score (nSPS) is 18.9. The third-order valence-electron chi connectivity index (χ3n) is 3.36. The molecule has 2 aromatic rings. The number of aromatic nitrogens is 3. The van der Waals surface area contributed by atoms with E-state index in [0.29, 0.717) is 5.65 Å². The summed E-state index contributed by atoms with van der Waals surface area (Å²) in [5.74, 6) is 0.349. The lowest BCUT2D eigenvalue weighted by molar-refractivity contribution is -0.000429. The third-order valence-corrected chi connectivity index (χ3v) is 4.24. The molecule has 1 aliphatic heterocycles. The van der Waals surface area contributed by atoms with Gasteiger partial charge in [-0.1, -0.05) is 45.1 Å². The van der Waals surface area contributed by atoms with Crippen LogP contribution in [0.3, 0.4) is 0 Å². The molecular weight excluding hydrogens is 340 g/mol. The van der Waals surface area contributed by atoms with Crippen molar-refractivity contribution in [2.24, 2.45) is 0 Å². The van der Waals surface area contributed by atoms with Crippen LogP contribution < -0.4 is 10.6 Å². The molecule has 0 radical (unpaired) electrons. The average Bonchev–Trinajstić information content (AvgIpc) is 3.12. The molecule has 2 atom stereocenters. The first-order valence-electron chi connectivity index (χ1n) is 8.55. The molecule has 0 bridgehead atoms. The molecule has 2 unspecified atom stereocenters. The Morgan fingerprint density at radius 3 is 2.76 bits per heavy atom. The molecule has 0 amide bonds. The highest BCUT2D eigenvalue weighted by atomic mass is 32.1. The van der Waals surface area contributed by atoms with E-state index in [1.54, 1.807) is 10.8 Å². The highest BCUT2D eigenvalue weighted by molar-refractivity contribution is 7.16. The monoisotopic (exact) mass is 368 g/mol. The summed E-state index contributed by atoms with van der Waals surface area (Å²) in [6, 6.07) is 0. The van der Waals surface area contributed by atoms with Crippen LogP contribution in [0.2, 0.25) is 0 Å². The number of allylic oxidation sites excluding steroid dienone is 1. The predicted octanol–water partition coefficient (Wildman–Crippen LogP) is 4.02.